The molecule has 3 aromatic carbocycles. The number of halogens is 1. The third kappa shape index (κ3) is 5.20. The predicted octanol–water partition coefficient (Wildman–Crippen LogP) is 5.45. The maximum absolute atomic E-state index is 12.8. The molecule has 29 heavy (non-hydrogen) atoms. The van der Waals surface area contributed by atoms with Crippen LogP contribution in [0.25, 0.3) is 0 Å². The number of ether oxygens (including phenoxy) is 3. The molecule has 3 rings (SSSR count). The van der Waals surface area contributed by atoms with E-state index in [4.69, 9.17) is 14.2 Å². The van der Waals surface area contributed by atoms with Gasteiger partial charge in [-0.25, -0.2) is 0 Å². The minimum atomic E-state index is -0.254. The van der Waals surface area contributed by atoms with E-state index in [0.717, 1.165) is 9.13 Å². The highest BCUT2D eigenvalue weighted by Crippen LogP contribution is 2.35. The summed E-state index contributed by atoms with van der Waals surface area (Å²) in [6.07, 6.45) is 0. The summed E-state index contributed by atoms with van der Waals surface area (Å²) >= 11 is 2.15. The molecule has 0 aliphatic carbocycles. The van der Waals surface area contributed by atoms with Gasteiger partial charge in [0.15, 0.2) is 11.5 Å². The van der Waals surface area contributed by atoms with E-state index in [0.29, 0.717) is 35.1 Å². The first-order chi connectivity index (χ1) is 14.0. The van der Waals surface area contributed by atoms with Crippen LogP contribution in [0.15, 0.2) is 60.7 Å². The van der Waals surface area contributed by atoms with Gasteiger partial charge in [0, 0.05) is 5.56 Å². The molecule has 0 aliphatic heterocycles. The predicted molar refractivity (Wildman–Crippen MR) is 122 cm³/mol. The van der Waals surface area contributed by atoms with Crippen LogP contribution < -0.4 is 19.5 Å². The first-order valence-corrected chi connectivity index (χ1v) is 10.1. The number of benzene rings is 3. The number of para-hydroxylation sites is 2. The minimum Gasteiger partial charge on any atom is -0.495 e. The smallest absolute Gasteiger partial charge is 0.255 e. The number of anilines is 1. The summed E-state index contributed by atoms with van der Waals surface area (Å²) in [5, 5.41) is 2.88. The van der Waals surface area contributed by atoms with Gasteiger partial charge in [-0.1, -0.05) is 42.0 Å². The van der Waals surface area contributed by atoms with Crippen molar-refractivity contribution in [2.24, 2.45) is 0 Å². The van der Waals surface area contributed by atoms with Gasteiger partial charge in [0.1, 0.15) is 12.4 Å². The van der Waals surface area contributed by atoms with Crippen molar-refractivity contribution in [3.05, 3.63) is 80.9 Å². The van der Waals surface area contributed by atoms with Crippen molar-refractivity contribution in [2.45, 2.75) is 13.5 Å². The molecule has 0 saturated heterocycles. The molecule has 1 N–H and O–H groups in total. The SMILES string of the molecule is COc1ccccc1NC(=O)c1cc(I)c(OCc2ccc(C)cc2)c(OC)c1. The molecule has 1 amide bonds. The van der Waals surface area contributed by atoms with E-state index < -0.39 is 0 Å². The highest BCUT2D eigenvalue weighted by molar-refractivity contribution is 14.1. The van der Waals surface area contributed by atoms with Crippen molar-refractivity contribution in [2.75, 3.05) is 19.5 Å². The molecule has 5 nitrogen and oxygen atoms in total. The van der Waals surface area contributed by atoms with Gasteiger partial charge in [0.2, 0.25) is 0 Å². The lowest BCUT2D eigenvalue weighted by Crippen LogP contribution is -2.13. The lowest BCUT2D eigenvalue weighted by molar-refractivity contribution is 0.102. The Morgan fingerprint density at radius 2 is 1.66 bits per heavy atom. The van der Waals surface area contributed by atoms with Gasteiger partial charge in [0.05, 0.1) is 23.5 Å². The summed E-state index contributed by atoms with van der Waals surface area (Å²) in [7, 11) is 3.13. The molecule has 0 heterocycles. The molecule has 0 fully saturated rings. The molecule has 0 radical (unpaired) electrons. The Hall–Kier alpha value is -2.74. The monoisotopic (exact) mass is 503 g/mol. The number of aryl methyl sites for hydroxylation is 1. The third-order valence-corrected chi connectivity index (χ3v) is 5.15. The van der Waals surface area contributed by atoms with E-state index in [2.05, 4.69) is 27.9 Å². The number of rotatable bonds is 7. The Bertz CT molecular complexity index is 1000. The molecule has 150 valence electrons. The number of nitrogens with one attached hydrogen (secondary N) is 1. The van der Waals surface area contributed by atoms with Crippen molar-refractivity contribution in [3.8, 4) is 17.2 Å². The normalized spacial score (nSPS) is 10.3. The van der Waals surface area contributed by atoms with Gasteiger partial charge in [-0.3, -0.25) is 4.79 Å². The molecule has 0 unspecified atom stereocenters. The van der Waals surface area contributed by atoms with Crippen LogP contribution in [0.2, 0.25) is 0 Å². The number of hydrogen-bond donors (Lipinski definition) is 1. The zero-order chi connectivity index (χ0) is 20.8. The quantitative estimate of drug-likeness (QED) is 0.436. The van der Waals surface area contributed by atoms with Crippen molar-refractivity contribution in [3.63, 3.8) is 0 Å². The average Bonchev–Trinajstić information content (AvgIpc) is 2.73. The Morgan fingerprint density at radius 1 is 0.966 bits per heavy atom. The molecule has 3 aromatic rings. The van der Waals surface area contributed by atoms with Crippen molar-refractivity contribution in [1.29, 1.82) is 0 Å². The molecular weight excluding hydrogens is 481 g/mol. The first-order valence-electron chi connectivity index (χ1n) is 9.02. The van der Waals surface area contributed by atoms with Crippen molar-refractivity contribution < 1.29 is 19.0 Å². The standard InChI is InChI=1S/C23H22INO4/c1-15-8-10-16(11-9-15)14-29-22-18(24)12-17(13-21(22)28-3)23(26)25-19-6-4-5-7-20(19)27-2/h4-13H,14H2,1-3H3,(H,25,26). The Morgan fingerprint density at radius 3 is 2.34 bits per heavy atom. The maximum Gasteiger partial charge on any atom is 0.255 e. The zero-order valence-electron chi connectivity index (χ0n) is 16.5. The Balaban J connectivity index is 1.80. The first kappa shape index (κ1) is 21.0. The summed E-state index contributed by atoms with van der Waals surface area (Å²) in [5.41, 5.74) is 3.34. The second-order valence-electron chi connectivity index (χ2n) is 6.42. The van der Waals surface area contributed by atoms with E-state index in [1.807, 2.05) is 43.3 Å². The molecule has 0 aromatic heterocycles. The molecule has 6 heteroatoms. The summed E-state index contributed by atoms with van der Waals surface area (Å²) < 4.78 is 17.6. The summed E-state index contributed by atoms with van der Waals surface area (Å²) in [5.74, 6) is 1.47. The lowest BCUT2D eigenvalue weighted by atomic mass is 10.1. The van der Waals surface area contributed by atoms with Gasteiger partial charge in [-0.05, 0) is 59.3 Å². The molecule has 0 atom stereocenters. The van der Waals surface area contributed by atoms with Crippen LogP contribution in [-0.4, -0.2) is 20.1 Å². The number of carbonyl (C=O) groups is 1. The topological polar surface area (TPSA) is 56.8 Å². The third-order valence-electron chi connectivity index (χ3n) is 4.35. The van der Waals surface area contributed by atoms with Crippen LogP contribution in [0.3, 0.4) is 0 Å². The van der Waals surface area contributed by atoms with E-state index >= 15 is 0 Å². The fraction of sp³-hybridized carbons (Fsp3) is 0.174. The van der Waals surface area contributed by atoms with E-state index in [1.54, 1.807) is 38.5 Å². The van der Waals surface area contributed by atoms with Gasteiger partial charge in [0.25, 0.3) is 5.91 Å². The molecular formula is C23H22INO4. The van der Waals surface area contributed by atoms with Crippen molar-refractivity contribution >= 4 is 34.2 Å². The van der Waals surface area contributed by atoms with Crippen molar-refractivity contribution in [1.82, 2.24) is 0 Å². The van der Waals surface area contributed by atoms with Crippen LogP contribution in [0.1, 0.15) is 21.5 Å². The summed E-state index contributed by atoms with van der Waals surface area (Å²) in [6, 6.07) is 18.9. The van der Waals surface area contributed by atoms with Gasteiger partial charge in [-0.2, -0.15) is 0 Å². The Kier molecular flexibility index (Phi) is 6.98. The number of carbonyl (C=O) groups excluding carboxylic acids is 1. The van der Waals surface area contributed by atoms with Crippen LogP contribution in [0, 0.1) is 10.5 Å². The van der Waals surface area contributed by atoms with Crippen LogP contribution in [0.5, 0.6) is 17.2 Å². The number of methoxy groups -OCH3 is 2. The Labute approximate surface area is 184 Å². The fourth-order valence-electron chi connectivity index (χ4n) is 2.77. The summed E-state index contributed by atoms with van der Waals surface area (Å²) in [6.45, 7) is 2.46. The second kappa shape index (κ2) is 9.65. The van der Waals surface area contributed by atoms with Crippen LogP contribution in [0.4, 0.5) is 5.69 Å². The van der Waals surface area contributed by atoms with Crippen LogP contribution in [-0.2, 0) is 6.61 Å². The molecule has 0 spiro atoms. The average molecular weight is 503 g/mol. The van der Waals surface area contributed by atoms with Gasteiger partial charge in [-0.15, -0.1) is 0 Å². The zero-order valence-corrected chi connectivity index (χ0v) is 18.6. The second-order valence-corrected chi connectivity index (χ2v) is 7.58. The summed E-state index contributed by atoms with van der Waals surface area (Å²) in [4.78, 5) is 12.8. The number of hydrogen-bond acceptors (Lipinski definition) is 4. The van der Waals surface area contributed by atoms with Gasteiger partial charge >= 0.3 is 0 Å². The highest BCUT2D eigenvalue weighted by atomic mass is 127. The fourth-order valence-corrected chi connectivity index (χ4v) is 3.53. The number of amides is 1. The van der Waals surface area contributed by atoms with Gasteiger partial charge < -0.3 is 19.5 Å². The molecule has 0 aliphatic rings. The maximum atomic E-state index is 12.8. The highest BCUT2D eigenvalue weighted by Gasteiger charge is 2.17. The van der Waals surface area contributed by atoms with E-state index in [1.165, 1.54) is 5.56 Å². The minimum absolute atomic E-state index is 0.254. The van der Waals surface area contributed by atoms with E-state index in [9.17, 15) is 4.79 Å². The van der Waals surface area contributed by atoms with E-state index in [-0.39, 0.29) is 5.91 Å². The largest absolute Gasteiger partial charge is 0.495 e. The molecule has 0 saturated carbocycles. The lowest BCUT2D eigenvalue weighted by Gasteiger charge is -2.15. The molecule has 0 bridgehead atoms. The van der Waals surface area contributed by atoms with Crippen LogP contribution >= 0.6 is 22.6 Å².